The van der Waals surface area contributed by atoms with Gasteiger partial charge in [-0.15, -0.1) is 0 Å². The van der Waals surface area contributed by atoms with E-state index in [9.17, 15) is 9.18 Å². The molecule has 1 fully saturated rings. The summed E-state index contributed by atoms with van der Waals surface area (Å²) in [7, 11) is 0. The molecule has 2 unspecified atom stereocenters. The van der Waals surface area contributed by atoms with Gasteiger partial charge in [-0.2, -0.15) is 0 Å². The van der Waals surface area contributed by atoms with Gasteiger partial charge in [0.1, 0.15) is 5.82 Å². The van der Waals surface area contributed by atoms with Crippen LogP contribution in [0.4, 0.5) is 4.39 Å². The zero-order chi connectivity index (χ0) is 12.6. The van der Waals surface area contributed by atoms with Gasteiger partial charge in [-0.25, -0.2) is 4.39 Å². The number of ketones is 1. The summed E-state index contributed by atoms with van der Waals surface area (Å²) in [5.74, 6) is -0.593. The smallest absolute Gasteiger partial charge is 0.173 e. The predicted octanol–water partition coefficient (Wildman–Crippen LogP) is 2.83. The molecule has 0 bridgehead atoms. The number of hydrogen-bond acceptors (Lipinski definition) is 2. The molecule has 0 saturated heterocycles. The van der Waals surface area contributed by atoms with Crippen molar-refractivity contribution in [3.63, 3.8) is 0 Å². The summed E-state index contributed by atoms with van der Waals surface area (Å²) in [6.07, 6.45) is 2.53. The molecule has 1 aromatic rings. The molecule has 0 aliphatic heterocycles. The van der Waals surface area contributed by atoms with Crippen LogP contribution in [0, 0.1) is 18.2 Å². The van der Waals surface area contributed by atoms with Crippen LogP contribution in [0.1, 0.15) is 42.1 Å². The number of rotatable bonds is 2. The topological polar surface area (TPSA) is 43.1 Å². The van der Waals surface area contributed by atoms with Crippen LogP contribution in [0.15, 0.2) is 18.2 Å². The number of carbonyl (C=O) groups excluding carboxylic acids is 1. The van der Waals surface area contributed by atoms with Crippen LogP contribution in [0.5, 0.6) is 0 Å². The normalized spacial score (nSPS) is 28.4. The van der Waals surface area contributed by atoms with Crippen molar-refractivity contribution in [2.75, 3.05) is 0 Å². The second kappa shape index (κ2) is 4.22. The Balaban J connectivity index is 2.40. The molecule has 17 heavy (non-hydrogen) atoms. The van der Waals surface area contributed by atoms with Gasteiger partial charge in [0.05, 0.1) is 5.56 Å². The fraction of sp³-hybridized carbons (Fsp3) is 0.500. The molecule has 1 saturated carbocycles. The maximum absolute atomic E-state index is 13.7. The van der Waals surface area contributed by atoms with E-state index in [-0.39, 0.29) is 17.4 Å². The van der Waals surface area contributed by atoms with Crippen molar-refractivity contribution in [2.24, 2.45) is 11.1 Å². The molecule has 1 aliphatic rings. The summed E-state index contributed by atoms with van der Waals surface area (Å²) in [5, 5.41) is 0. The first-order chi connectivity index (χ1) is 7.95. The first kappa shape index (κ1) is 12.2. The van der Waals surface area contributed by atoms with Gasteiger partial charge < -0.3 is 5.73 Å². The van der Waals surface area contributed by atoms with E-state index in [0.717, 1.165) is 24.8 Å². The fourth-order valence-corrected chi connectivity index (χ4v) is 2.60. The molecule has 0 radical (unpaired) electrons. The van der Waals surface area contributed by atoms with E-state index >= 15 is 0 Å². The van der Waals surface area contributed by atoms with Crippen molar-refractivity contribution in [2.45, 2.75) is 39.2 Å². The van der Waals surface area contributed by atoms with Crippen LogP contribution in [-0.4, -0.2) is 11.8 Å². The minimum absolute atomic E-state index is 0.149. The van der Waals surface area contributed by atoms with Crippen molar-refractivity contribution in [3.8, 4) is 0 Å². The molecule has 92 valence electrons. The molecule has 2 N–H and O–H groups in total. The summed E-state index contributed by atoms with van der Waals surface area (Å²) in [6.45, 7) is 3.71. The van der Waals surface area contributed by atoms with Crippen LogP contribution in [0.3, 0.4) is 0 Å². The van der Waals surface area contributed by atoms with Crippen LogP contribution < -0.4 is 5.73 Å². The predicted molar refractivity (Wildman–Crippen MR) is 65.4 cm³/mol. The molecule has 2 nitrogen and oxygen atoms in total. The van der Waals surface area contributed by atoms with Crippen LogP contribution >= 0.6 is 0 Å². The maximum Gasteiger partial charge on any atom is 0.173 e. The highest BCUT2D eigenvalue weighted by Crippen LogP contribution is 2.40. The van der Waals surface area contributed by atoms with Crippen molar-refractivity contribution in [1.29, 1.82) is 0 Å². The number of hydrogen-bond donors (Lipinski definition) is 1. The lowest BCUT2D eigenvalue weighted by Crippen LogP contribution is -2.41. The van der Waals surface area contributed by atoms with E-state index in [0.29, 0.717) is 0 Å². The molecule has 0 spiro atoms. The van der Waals surface area contributed by atoms with Crippen molar-refractivity contribution in [1.82, 2.24) is 0 Å². The van der Waals surface area contributed by atoms with Crippen molar-refractivity contribution in [3.05, 3.63) is 35.1 Å². The van der Waals surface area contributed by atoms with Gasteiger partial charge in [0.2, 0.25) is 0 Å². The molecule has 2 rings (SSSR count). The number of carbonyl (C=O) groups is 1. The van der Waals surface area contributed by atoms with E-state index in [4.69, 9.17) is 5.73 Å². The second-order valence-electron chi connectivity index (χ2n) is 5.23. The number of benzene rings is 1. The highest BCUT2D eigenvalue weighted by atomic mass is 19.1. The summed E-state index contributed by atoms with van der Waals surface area (Å²) in [6, 6.07) is 4.48. The number of aryl methyl sites for hydroxylation is 1. The lowest BCUT2D eigenvalue weighted by Gasteiger charge is -2.27. The summed E-state index contributed by atoms with van der Waals surface area (Å²) >= 11 is 0. The average Bonchev–Trinajstić information content (AvgIpc) is 2.63. The molecule has 0 aromatic heterocycles. The largest absolute Gasteiger partial charge is 0.327 e. The lowest BCUT2D eigenvalue weighted by atomic mass is 9.77. The third kappa shape index (κ3) is 2.00. The minimum atomic E-state index is -0.603. The minimum Gasteiger partial charge on any atom is -0.327 e. The SMILES string of the molecule is Cc1ccc(F)c(C(=O)C2(C)CCCC2N)c1. The molecule has 1 aromatic carbocycles. The Hall–Kier alpha value is -1.22. The Bertz CT molecular complexity index is 458. The third-order valence-electron chi connectivity index (χ3n) is 3.91. The average molecular weight is 235 g/mol. The first-order valence-electron chi connectivity index (χ1n) is 6.01. The fourth-order valence-electron chi connectivity index (χ4n) is 2.60. The molecular formula is C14H18FNO. The van der Waals surface area contributed by atoms with E-state index in [1.165, 1.54) is 6.07 Å². The standard InChI is InChI=1S/C14H18FNO/c1-9-5-6-11(15)10(8-9)13(17)14(2)7-3-4-12(14)16/h5-6,8,12H,3-4,7,16H2,1-2H3. The van der Waals surface area contributed by atoms with Crippen LogP contribution in [0.2, 0.25) is 0 Å². The van der Waals surface area contributed by atoms with Gasteiger partial charge in [-0.3, -0.25) is 4.79 Å². The van der Waals surface area contributed by atoms with Crippen LogP contribution in [-0.2, 0) is 0 Å². The zero-order valence-electron chi connectivity index (χ0n) is 10.3. The Morgan fingerprint density at radius 2 is 2.24 bits per heavy atom. The Labute approximate surface area is 101 Å². The van der Waals surface area contributed by atoms with Crippen molar-refractivity contribution < 1.29 is 9.18 Å². The number of halogens is 1. The lowest BCUT2D eigenvalue weighted by molar-refractivity contribution is 0.0798. The molecule has 0 heterocycles. The first-order valence-corrected chi connectivity index (χ1v) is 6.01. The molecular weight excluding hydrogens is 217 g/mol. The molecule has 3 heteroatoms. The quantitative estimate of drug-likeness (QED) is 0.801. The Kier molecular flexibility index (Phi) is 3.04. The van der Waals surface area contributed by atoms with Crippen molar-refractivity contribution >= 4 is 5.78 Å². The molecule has 2 atom stereocenters. The second-order valence-corrected chi connectivity index (χ2v) is 5.23. The zero-order valence-corrected chi connectivity index (χ0v) is 10.3. The van der Waals surface area contributed by atoms with Gasteiger partial charge in [0.25, 0.3) is 0 Å². The summed E-state index contributed by atoms with van der Waals surface area (Å²) in [5.41, 5.74) is 6.47. The Morgan fingerprint density at radius 1 is 1.53 bits per heavy atom. The van der Waals surface area contributed by atoms with Gasteiger partial charge >= 0.3 is 0 Å². The third-order valence-corrected chi connectivity index (χ3v) is 3.91. The van der Waals surface area contributed by atoms with Gasteiger partial charge in [-0.1, -0.05) is 25.0 Å². The van der Waals surface area contributed by atoms with Crippen LogP contribution in [0.25, 0.3) is 0 Å². The van der Waals surface area contributed by atoms with Gasteiger partial charge in [0.15, 0.2) is 5.78 Å². The number of Topliss-reactive ketones (excluding diaryl/α,β-unsaturated/α-hetero) is 1. The van der Waals surface area contributed by atoms with E-state index in [2.05, 4.69) is 0 Å². The Morgan fingerprint density at radius 3 is 2.82 bits per heavy atom. The summed E-state index contributed by atoms with van der Waals surface area (Å²) in [4.78, 5) is 12.4. The molecule has 0 amide bonds. The highest BCUT2D eigenvalue weighted by Gasteiger charge is 2.43. The van der Waals surface area contributed by atoms with E-state index < -0.39 is 11.2 Å². The monoisotopic (exact) mass is 235 g/mol. The molecule has 1 aliphatic carbocycles. The maximum atomic E-state index is 13.7. The highest BCUT2D eigenvalue weighted by molar-refractivity contribution is 6.01. The van der Waals surface area contributed by atoms with E-state index in [1.807, 2.05) is 13.8 Å². The van der Waals surface area contributed by atoms with Gasteiger partial charge in [0, 0.05) is 11.5 Å². The summed E-state index contributed by atoms with van der Waals surface area (Å²) < 4.78 is 13.7. The number of nitrogens with two attached hydrogens (primary N) is 1. The van der Waals surface area contributed by atoms with Gasteiger partial charge in [-0.05, 0) is 31.9 Å². The van der Waals surface area contributed by atoms with E-state index in [1.54, 1.807) is 12.1 Å².